The van der Waals surface area contributed by atoms with E-state index in [1.165, 1.54) is 6.07 Å². The highest BCUT2D eigenvalue weighted by molar-refractivity contribution is 14.0. The quantitative estimate of drug-likeness (QED) is 0.279. The molecule has 1 unspecified atom stereocenters. The van der Waals surface area contributed by atoms with Gasteiger partial charge in [0, 0.05) is 38.9 Å². The molecule has 1 aromatic carbocycles. The molecule has 0 aromatic heterocycles. The normalized spacial score (nSPS) is 17.9. The van der Waals surface area contributed by atoms with E-state index in [1.54, 1.807) is 25.2 Å². The monoisotopic (exact) mass is 514 g/mol. The maximum atomic E-state index is 13.6. The molecular weight excluding hydrogens is 486 g/mol. The standard InChI is InChI=1S/C17H27FN4O3S.HI/c1-19-17(21-12-14-6-2-3-8-16(14)18)20-9-11-26(23,24)22-13-15-7-4-5-10-25-15;/h2-3,6,8,15,22H,4-5,7,9-13H2,1H3,(H2,19,20,21);1H. The zero-order valence-corrected chi connectivity index (χ0v) is 18.6. The van der Waals surface area contributed by atoms with Gasteiger partial charge in [-0.2, -0.15) is 0 Å². The van der Waals surface area contributed by atoms with Crippen LogP contribution >= 0.6 is 24.0 Å². The van der Waals surface area contributed by atoms with Crippen molar-refractivity contribution in [2.45, 2.75) is 31.9 Å². The van der Waals surface area contributed by atoms with E-state index < -0.39 is 10.0 Å². The lowest BCUT2D eigenvalue weighted by molar-refractivity contribution is 0.0200. The van der Waals surface area contributed by atoms with Crippen molar-refractivity contribution in [3.63, 3.8) is 0 Å². The number of sulfonamides is 1. The Bertz CT molecular complexity index is 697. The fourth-order valence-corrected chi connectivity index (χ4v) is 3.56. The average Bonchev–Trinajstić information content (AvgIpc) is 2.65. The molecule has 1 aliphatic heterocycles. The second-order valence-corrected chi connectivity index (χ2v) is 8.03. The minimum Gasteiger partial charge on any atom is -0.377 e. The van der Waals surface area contributed by atoms with Crippen LogP contribution in [0.25, 0.3) is 0 Å². The second-order valence-electron chi connectivity index (χ2n) is 6.10. The van der Waals surface area contributed by atoms with Crippen LogP contribution in [0.3, 0.4) is 0 Å². The van der Waals surface area contributed by atoms with Gasteiger partial charge < -0.3 is 15.4 Å². The van der Waals surface area contributed by atoms with E-state index in [9.17, 15) is 12.8 Å². The number of halogens is 2. The molecule has 1 saturated heterocycles. The summed E-state index contributed by atoms with van der Waals surface area (Å²) in [4.78, 5) is 4.01. The summed E-state index contributed by atoms with van der Waals surface area (Å²) in [5.41, 5.74) is 0.511. The average molecular weight is 514 g/mol. The molecule has 1 atom stereocenters. The van der Waals surface area contributed by atoms with Crippen LogP contribution in [0.4, 0.5) is 4.39 Å². The highest BCUT2D eigenvalue weighted by atomic mass is 127. The molecule has 0 aliphatic carbocycles. The molecule has 1 aromatic rings. The number of aliphatic imine (C=N–C) groups is 1. The number of nitrogens with one attached hydrogen (secondary N) is 3. The molecule has 3 N–H and O–H groups in total. The van der Waals surface area contributed by atoms with Crippen molar-refractivity contribution in [1.82, 2.24) is 15.4 Å². The largest absolute Gasteiger partial charge is 0.377 e. The highest BCUT2D eigenvalue weighted by Gasteiger charge is 2.17. The number of guanidine groups is 1. The third-order valence-corrected chi connectivity index (χ3v) is 5.44. The fourth-order valence-electron chi connectivity index (χ4n) is 2.61. The van der Waals surface area contributed by atoms with Crippen molar-refractivity contribution in [2.24, 2.45) is 4.99 Å². The summed E-state index contributed by atoms with van der Waals surface area (Å²) >= 11 is 0. The Labute approximate surface area is 177 Å². The van der Waals surface area contributed by atoms with Crippen LogP contribution in [-0.2, 0) is 21.3 Å². The maximum absolute atomic E-state index is 13.6. The predicted molar refractivity (Wildman–Crippen MR) is 115 cm³/mol. The first-order valence-corrected chi connectivity index (χ1v) is 10.4. The SMILES string of the molecule is CN=C(NCCS(=O)(=O)NCC1CCCCO1)NCc1ccccc1F.I. The smallest absolute Gasteiger partial charge is 0.213 e. The molecule has 1 fully saturated rings. The zero-order chi connectivity index (χ0) is 18.8. The van der Waals surface area contributed by atoms with Gasteiger partial charge >= 0.3 is 0 Å². The van der Waals surface area contributed by atoms with Gasteiger partial charge in [-0.25, -0.2) is 17.5 Å². The van der Waals surface area contributed by atoms with Crippen LogP contribution in [0, 0.1) is 5.82 Å². The Hall–Kier alpha value is -0.980. The Morgan fingerprint density at radius 2 is 2.07 bits per heavy atom. The number of rotatable bonds is 8. The third kappa shape index (κ3) is 9.17. The molecule has 1 heterocycles. The molecule has 10 heteroatoms. The first-order valence-electron chi connectivity index (χ1n) is 8.77. The summed E-state index contributed by atoms with van der Waals surface area (Å²) in [5.74, 6) is 0.0337. The van der Waals surface area contributed by atoms with Gasteiger partial charge in [0.2, 0.25) is 10.0 Å². The van der Waals surface area contributed by atoms with Gasteiger partial charge in [0.05, 0.1) is 11.9 Å². The van der Waals surface area contributed by atoms with E-state index >= 15 is 0 Å². The summed E-state index contributed by atoms with van der Waals surface area (Å²) in [6.45, 7) is 1.45. The maximum Gasteiger partial charge on any atom is 0.213 e. The molecule has 27 heavy (non-hydrogen) atoms. The molecule has 0 amide bonds. The van der Waals surface area contributed by atoms with Gasteiger partial charge in [0.1, 0.15) is 5.82 Å². The van der Waals surface area contributed by atoms with E-state index in [-0.39, 0.29) is 54.7 Å². The van der Waals surface area contributed by atoms with Crippen molar-refractivity contribution in [1.29, 1.82) is 0 Å². The van der Waals surface area contributed by atoms with Crippen LogP contribution in [0.2, 0.25) is 0 Å². The van der Waals surface area contributed by atoms with Gasteiger partial charge in [0.15, 0.2) is 5.96 Å². The minimum atomic E-state index is -3.39. The molecule has 0 radical (unpaired) electrons. The fraction of sp³-hybridized carbons (Fsp3) is 0.588. The summed E-state index contributed by atoms with van der Waals surface area (Å²) in [6.07, 6.45) is 2.94. The Balaban J connectivity index is 0.00000364. The van der Waals surface area contributed by atoms with Crippen molar-refractivity contribution < 1.29 is 17.5 Å². The van der Waals surface area contributed by atoms with E-state index in [0.717, 1.165) is 19.3 Å². The number of nitrogens with zero attached hydrogens (tertiary/aromatic N) is 1. The molecule has 2 rings (SSSR count). The zero-order valence-electron chi connectivity index (χ0n) is 15.4. The van der Waals surface area contributed by atoms with Crippen LogP contribution in [0.5, 0.6) is 0 Å². The first-order chi connectivity index (χ1) is 12.5. The molecule has 0 bridgehead atoms. The lowest BCUT2D eigenvalue weighted by Crippen LogP contribution is -2.42. The molecule has 154 valence electrons. The number of benzene rings is 1. The Kier molecular flexibility index (Phi) is 11.1. The van der Waals surface area contributed by atoms with Gasteiger partial charge in [-0.1, -0.05) is 18.2 Å². The summed E-state index contributed by atoms with van der Waals surface area (Å²) in [5, 5.41) is 5.88. The van der Waals surface area contributed by atoms with Crippen molar-refractivity contribution >= 4 is 40.0 Å². The first kappa shape index (κ1) is 24.1. The Morgan fingerprint density at radius 1 is 1.30 bits per heavy atom. The van der Waals surface area contributed by atoms with Crippen LogP contribution in [-0.4, -0.2) is 53.0 Å². The van der Waals surface area contributed by atoms with E-state index in [4.69, 9.17) is 4.74 Å². The van der Waals surface area contributed by atoms with Crippen LogP contribution in [0.1, 0.15) is 24.8 Å². The van der Waals surface area contributed by atoms with Crippen LogP contribution < -0.4 is 15.4 Å². The lowest BCUT2D eigenvalue weighted by atomic mass is 10.1. The number of hydrogen-bond donors (Lipinski definition) is 3. The summed E-state index contributed by atoms with van der Waals surface area (Å²) < 4.78 is 45.8. The van der Waals surface area contributed by atoms with E-state index in [0.29, 0.717) is 24.7 Å². The van der Waals surface area contributed by atoms with Crippen molar-refractivity contribution in [3.05, 3.63) is 35.6 Å². The van der Waals surface area contributed by atoms with E-state index in [2.05, 4.69) is 20.3 Å². The third-order valence-electron chi connectivity index (χ3n) is 4.10. The summed E-state index contributed by atoms with van der Waals surface area (Å²) in [6, 6.07) is 6.45. The molecule has 1 aliphatic rings. The van der Waals surface area contributed by atoms with Gasteiger partial charge in [-0.05, 0) is 25.3 Å². The topological polar surface area (TPSA) is 91.8 Å². The number of hydrogen-bond acceptors (Lipinski definition) is 4. The molecule has 0 spiro atoms. The highest BCUT2D eigenvalue weighted by Crippen LogP contribution is 2.11. The second kappa shape index (κ2) is 12.5. The Morgan fingerprint density at radius 3 is 2.74 bits per heavy atom. The van der Waals surface area contributed by atoms with Crippen molar-refractivity contribution in [3.8, 4) is 0 Å². The van der Waals surface area contributed by atoms with Crippen LogP contribution in [0.15, 0.2) is 29.3 Å². The van der Waals surface area contributed by atoms with Gasteiger partial charge in [0.25, 0.3) is 0 Å². The molecule has 7 nitrogen and oxygen atoms in total. The predicted octanol–water partition coefficient (Wildman–Crippen LogP) is 1.60. The minimum absolute atomic E-state index is 0. The summed E-state index contributed by atoms with van der Waals surface area (Å²) in [7, 11) is -1.82. The van der Waals surface area contributed by atoms with Gasteiger partial charge in [-0.15, -0.1) is 24.0 Å². The van der Waals surface area contributed by atoms with Gasteiger partial charge in [-0.3, -0.25) is 4.99 Å². The molecular formula is C17H28FIN4O3S. The lowest BCUT2D eigenvalue weighted by Gasteiger charge is -2.22. The van der Waals surface area contributed by atoms with E-state index in [1.807, 2.05) is 0 Å². The van der Waals surface area contributed by atoms with Crippen molar-refractivity contribution in [2.75, 3.05) is 32.5 Å². The molecule has 0 saturated carbocycles. The number of ether oxygens (including phenoxy) is 1.